The Kier molecular flexibility index (Phi) is 3.18. The fraction of sp³-hybridized carbons (Fsp3) is 0.250. The molecule has 2 heterocycles. The van der Waals surface area contributed by atoms with Gasteiger partial charge in [0.05, 0.1) is 17.6 Å². The lowest BCUT2D eigenvalue weighted by Crippen LogP contribution is -2.04. The maximum atomic E-state index is 5.58. The molecule has 17 heavy (non-hydrogen) atoms. The number of nitrogen functional groups attached to an aromatic ring is 1. The number of imidazole rings is 1. The molecule has 0 unspecified atom stereocenters. The summed E-state index contributed by atoms with van der Waals surface area (Å²) >= 11 is 0. The van der Waals surface area contributed by atoms with Gasteiger partial charge >= 0.3 is 0 Å². The molecule has 0 saturated heterocycles. The zero-order chi connectivity index (χ0) is 12.3. The van der Waals surface area contributed by atoms with Crippen LogP contribution in [-0.2, 0) is 6.54 Å². The van der Waals surface area contributed by atoms with Gasteiger partial charge in [-0.25, -0.2) is 15.0 Å². The van der Waals surface area contributed by atoms with Crippen molar-refractivity contribution in [2.75, 3.05) is 5.73 Å². The molecule has 0 fully saturated rings. The van der Waals surface area contributed by atoms with Crippen LogP contribution >= 0.6 is 0 Å². The largest absolute Gasteiger partial charge is 0.368 e. The number of rotatable bonds is 4. The normalized spacial score (nSPS) is 10.4. The summed E-state index contributed by atoms with van der Waals surface area (Å²) in [7, 11) is 0. The minimum absolute atomic E-state index is 0.275. The number of aryl methyl sites for hydroxylation is 1. The van der Waals surface area contributed by atoms with Crippen molar-refractivity contribution >= 4 is 5.95 Å². The van der Waals surface area contributed by atoms with E-state index in [-0.39, 0.29) is 5.95 Å². The van der Waals surface area contributed by atoms with Crippen molar-refractivity contribution in [3.05, 3.63) is 36.9 Å². The molecule has 5 nitrogen and oxygen atoms in total. The van der Waals surface area contributed by atoms with E-state index in [4.69, 9.17) is 5.73 Å². The molecule has 0 amide bonds. The predicted molar refractivity (Wildman–Crippen MR) is 67.2 cm³/mol. The molecule has 0 aromatic carbocycles. The Balaban J connectivity index is 2.41. The highest BCUT2D eigenvalue weighted by atomic mass is 15.1. The van der Waals surface area contributed by atoms with Crippen molar-refractivity contribution in [1.29, 1.82) is 0 Å². The molecule has 88 valence electrons. The van der Waals surface area contributed by atoms with Crippen molar-refractivity contribution in [2.24, 2.45) is 0 Å². The second kappa shape index (κ2) is 4.78. The molecule has 2 rings (SSSR count). The quantitative estimate of drug-likeness (QED) is 0.812. The van der Waals surface area contributed by atoms with Gasteiger partial charge in [-0.1, -0.05) is 6.08 Å². The van der Waals surface area contributed by atoms with Crippen LogP contribution in [0, 0.1) is 6.92 Å². The molecule has 0 radical (unpaired) electrons. The van der Waals surface area contributed by atoms with E-state index in [0.717, 1.165) is 30.2 Å². The van der Waals surface area contributed by atoms with E-state index in [2.05, 4.69) is 26.1 Å². The number of nitrogens with zero attached hydrogens (tertiary/aromatic N) is 4. The van der Waals surface area contributed by atoms with Gasteiger partial charge in [0, 0.05) is 12.7 Å². The van der Waals surface area contributed by atoms with E-state index in [1.165, 1.54) is 0 Å². The average Bonchev–Trinajstić information content (AvgIpc) is 2.68. The van der Waals surface area contributed by atoms with Gasteiger partial charge in [0.2, 0.25) is 5.95 Å². The second-order valence-corrected chi connectivity index (χ2v) is 3.72. The molecule has 0 saturated carbocycles. The monoisotopic (exact) mass is 229 g/mol. The first-order chi connectivity index (χ1) is 8.22. The lowest BCUT2D eigenvalue weighted by molar-refractivity contribution is 0.690. The van der Waals surface area contributed by atoms with Crippen LogP contribution in [0.3, 0.4) is 0 Å². The third-order valence-electron chi connectivity index (χ3n) is 2.55. The minimum Gasteiger partial charge on any atom is -0.368 e. The van der Waals surface area contributed by atoms with Crippen LogP contribution in [0.5, 0.6) is 0 Å². The molecule has 0 atom stereocenters. The van der Waals surface area contributed by atoms with Crippen molar-refractivity contribution < 1.29 is 0 Å². The summed E-state index contributed by atoms with van der Waals surface area (Å²) in [5.74, 6) is 1.23. The molecule has 5 heteroatoms. The fourth-order valence-electron chi connectivity index (χ4n) is 1.69. The lowest BCUT2D eigenvalue weighted by atomic mass is 10.3. The average molecular weight is 229 g/mol. The zero-order valence-corrected chi connectivity index (χ0v) is 9.80. The Morgan fingerprint density at radius 2 is 2.29 bits per heavy atom. The third-order valence-corrected chi connectivity index (χ3v) is 2.55. The summed E-state index contributed by atoms with van der Waals surface area (Å²) in [5, 5.41) is 0. The summed E-state index contributed by atoms with van der Waals surface area (Å²) in [4.78, 5) is 12.4. The number of allylic oxidation sites excluding steroid dienone is 1. The van der Waals surface area contributed by atoms with Gasteiger partial charge in [-0.2, -0.15) is 0 Å². The Hall–Kier alpha value is -2.17. The number of hydrogen-bond acceptors (Lipinski definition) is 4. The topological polar surface area (TPSA) is 69.6 Å². The van der Waals surface area contributed by atoms with Crippen molar-refractivity contribution in [2.45, 2.75) is 19.9 Å². The smallest absolute Gasteiger partial charge is 0.220 e. The Bertz CT molecular complexity index is 529. The van der Waals surface area contributed by atoms with Gasteiger partial charge in [-0.15, -0.1) is 6.58 Å². The lowest BCUT2D eigenvalue weighted by Gasteiger charge is -2.08. The van der Waals surface area contributed by atoms with Gasteiger partial charge in [0.25, 0.3) is 0 Å². The highest BCUT2D eigenvalue weighted by molar-refractivity contribution is 5.55. The first-order valence-corrected chi connectivity index (χ1v) is 5.44. The van der Waals surface area contributed by atoms with Gasteiger partial charge in [-0.05, 0) is 19.4 Å². The number of anilines is 1. The molecular weight excluding hydrogens is 214 g/mol. The first kappa shape index (κ1) is 11.3. The Labute approximate surface area is 100 Å². The van der Waals surface area contributed by atoms with Gasteiger partial charge in [0.15, 0.2) is 0 Å². The highest BCUT2D eigenvalue weighted by Crippen LogP contribution is 2.19. The summed E-state index contributed by atoms with van der Waals surface area (Å²) in [6, 6.07) is 1.83. The third kappa shape index (κ3) is 2.33. The molecule has 0 bridgehead atoms. The molecule has 0 aliphatic carbocycles. The summed E-state index contributed by atoms with van der Waals surface area (Å²) in [5.41, 5.74) is 7.34. The molecule has 0 aliphatic heterocycles. The van der Waals surface area contributed by atoms with Crippen molar-refractivity contribution in [3.63, 3.8) is 0 Å². The Morgan fingerprint density at radius 3 is 3.00 bits per heavy atom. The zero-order valence-electron chi connectivity index (χ0n) is 9.80. The molecule has 2 aromatic heterocycles. The van der Waals surface area contributed by atoms with E-state index in [9.17, 15) is 0 Å². The standard InChI is InChI=1S/C12H15N5/c1-3-4-7-17-9(2)15-8-11(17)10-5-6-14-12(13)16-10/h3,5-6,8H,1,4,7H2,2H3,(H2,13,14,16). The summed E-state index contributed by atoms with van der Waals surface area (Å²) in [6.07, 6.45) is 6.24. The molecule has 2 N–H and O–H groups in total. The van der Waals surface area contributed by atoms with E-state index >= 15 is 0 Å². The Morgan fingerprint density at radius 1 is 1.47 bits per heavy atom. The first-order valence-electron chi connectivity index (χ1n) is 5.44. The van der Waals surface area contributed by atoms with Crippen LogP contribution < -0.4 is 5.73 Å². The number of aromatic nitrogens is 4. The van der Waals surface area contributed by atoms with Crippen LogP contribution in [0.2, 0.25) is 0 Å². The maximum absolute atomic E-state index is 5.58. The van der Waals surface area contributed by atoms with E-state index in [1.807, 2.05) is 19.1 Å². The van der Waals surface area contributed by atoms with Crippen LogP contribution in [-0.4, -0.2) is 19.5 Å². The number of hydrogen-bond donors (Lipinski definition) is 1. The van der Waals surface area contributed by atoms with Crippen LogP contribution in [0.1, 0.15) is 12.2 Å². The molecule has 2 aromatic rings. The summed E-state index contributed by atoms with van der Waals surface area (Å²) in [6.45, 7) is 6.54. The van der Waals surface area contributed by atoms with Crippen LogP contribution in [0.4, 0.5) is 5.95 Å². The van der Waals surface area contributed by atoms with E-state index < -0.39 is 0 Å². The maximum Gasteiger partial charge on any atom is 0.220 e. The van der Waals surface area contributed by atoms with Crippen molar-refractivity contribution in [3.8, 4) is 11.4 Å². The van der Waals surface area contributed by atoms with Gasteiger partial charge in [-0.3, -0.25) is 0 Å². The molecule has 0 spiro atoms. The number of nitrogens with two attached hydrogens (primary N) is 1. The minimum atomic E-state index is 0.275. The van der Waals surface area contributed by atoms with Crippen LogP contribution in [0.15, 0.2) is 31.1 Å². The van der Waals surface area contributed by atoms with Crippen LogP contribution in [0.25, 0.3) is 11.4 Å². The van der Waals surface area contributed by atoms with Crippen molar-refractivity contribution in [1.82, 2.24) is 19.5 Å². The van der Waals surface area contributed by atoms with Gasteiger partial charge < -0.3 is 10.3 Å². The molecule has 0 aliphatic rings. The van der Waals surface area contributed by atoms with E-state index in [0.29, 0.717) is 0 Å². The molecular formula is C12H15N5. The SMILES string of the molecule is C=CCCn1c(-c2ccnc(N)n2)cnc1C. The van der Waals surface area contributed by atoms with Gasteiger partial charge in [0.1, 0.15) is 5.82 Å². The fourth-order valence-corrected chi connectivity index (χ4v) is 1.69. The second-order valence-electron chi connectivity index (χ2n) is 3.72. The van der Waals surface area contributed by atoms with E-state index in [1.54, 1.807) is 12.4 Å². The predicted octanol–water partition coefficient (Wildman–Crippen LogP) is 1.81. The highest BCUT2D eigenvalue weighted by Gasteiger charge is 2.09. The summed E-state index contributed by atoms with van der Waals surface area (Å²) < 4.78 is 2.10.